The minimum absolute atomic E-state index is 0. The van der Waals surface area contributed by atoms with Crippen molar-refractivity contribution in [2.24, 2.45) is 12.0 Å². The van der Waals surface area contributed by atoms with Crippen LogP contribution in [0.4, 0.5) is 8.78 Å². The summed E-state index contributed by atoms with van der Waals surface area (Å²) in [7, 11) is 1.95. The molecule has 6 nitrogen and oxygen atoms in total. The highest BCUT2D eigenvalue weighted by atomic mass is 127. The normalized spacial score (nSPS) is 11.2. The fourth-order valence-corrected chi connectivity index (χ4v) is 2.54. The number of aryl methyl sites for hydroxylation is 1. The van der Waals surface area contributed by atoms with Gasteiger partial charge >= 0.3 is 6.61 Å². The predicted molar refractivity (Wildman–Crippen MR) is 121 cm³/mol. The zero-order valence-electron chi connectivity index (χ0n) is 17.0. The topological polar surface area (TPSA) is 59.8 Å². The fraction of sp³-hybridized carbons (Fsp3) is 0.450. The minimum atomic E-state index is -2.90. The molecule has 29 heavy (non-hydrogen) atoms. The van der Waals surface area contributed by atoms with Crippen LogP contribution in [0.25, 0.3) is 0 Å². The zero-order valence-corrected chi connectivity index (χ0v) is 19.3. The van der Waals surface area contributed by atoms with Crippen molar-refractivity contribution in [2.75, 3.05) is 13.2 Å². The average Bonchev–Trinajstić information content (AvgIpc) is 3.08. The Hall–Kier alpha value is -2.04. The smallest absolute Gasteiger partial charge is 0.387 e. The lowest BCUT2D eigenvalue weighted by Crippen LogP contribution is -2.36. The highest BCUT2D eigenvalue weighted by Gasteiger charge is 2.12. The van der Waals surface area contributed by atoms with Gasteiger partial charge in [-0.1, -0.05) is 6.92 Å². The number of hydrogen-bond acceptors (Lipinski definition) is 3. The number of nitrogens with zero attached hydrogens (tertiary/aromatic N) is 2. The summed E-state index contributed by atoms with van der Waals surface area (Å²) in [4.78, 5) is 4.53. The second kappa shape index (κ2) is 13.2. The molecule has 0 amide bonds. The maximum Gasteiger partial charge on any atom is 0.387 e. The van der Waals surface area contributed by atoms with Gasteiger partial charge in [0, 0.05) is 44.2 Å². The van der Waals surface area contributed by atoms with Gasteiger partial charge in [0.15, 0.2) is 5.96 Å². The predicted octanol–water partition coefficient (Wildman–Crippen LogP) is 4.29. The summed E-state index contributed by atoms with van der Waals surface area (Å²) in [6.45, 7) is 3.04. The van der Waals surface area contributed by atoms with E-state index in [2.05, 4.69) is 20.4 Å². The van der Waals surface area contributed by atoms with Crippen LogP contribution in [0.3, 0.4) is 0 Å². The monoisotopic (exact) mass is 522 g/mol. The van der Waals surface area contributed by atoms with Crippen LogP contribution in [-0.4, -0.2) is 30.3 Å². The Balaban J connectivity index is 0.00000420. The van der Waals surface area contributed by atoms with E-state index < -0.39 is 6.61 Å². The largest absolute Gasteiger partial charge is 0.493 e. The Morgan fingerprint density at radius 3 is 2.62 bits per heavy atom. The molecule has 2 rings (SSSR count). The summed E-state index contributed by atoms with van der Waals surface area (Å²) in [5.41, 5.74) is 1.67. The summed E-state index contributed by atoms with van der Waals surface area (Å²) >= 11 is 0. The highest BCUT2D eigenvalue weighted by molar-refractivity contribution is 14.0. The van der Waals surface area contributed by atoms with Crippen molar-refractivity contribution in [1.82, 2.24) is 15.2 Å². The van der Waals surface area contributed by atoms with E-state index in [4.69, 9.17) is 4.74 Å². The number of benzene rings is 1. The number of aromatic nitrogens is 1. The molecule has 0 atom stereocenters. The van der Waals surface area contributed by atoms with Crippen molar-refractivity contribution < 1.29 is 18.3 Å². The van der Waals surface area contributed by atoms with Gasteiger partial charge in [-0.3, -0.25) is 0 Å². The molecule has 2 N–H and O–H groups in total. The third-order valence-electron chi connectivity index (χ3n) is 3.83. The van der Waals surface area contributed by atoms with Gasteiger partial charge in [-0.25, -0.2) is 4.99 Å². The van der Waals surface area contributed by atoms with E-state index in [1.54, 1.807) is 12.1 Å². The molecule has 0 saturated heterocycles. The van der Waals surface area contributed by atoms with Crippen molar-refractivity contribution >= 4 is 29.9 Å². The summed E-state index contributed by atoms with van der Waals surface area (Å²) in [6.07, 6.45) is 4.79. The molecule has 0 bridgehead atoms. The van der Waals surface area contributed by atoms with Crippen LogP contribution in [0.15, 0.2) is 41.7 Å². The van der Waals surface area contributed by atoms with Gasteiger partial charge in [0.25, 0.3) is 0 Å². The molecular formula is C20H29F2IN4O2. The maximum absolute atomic E-state index is 12.8. The number of rotatable bonds is 10. The van der Waals surface area contributed by atoms with Crippen molar-refractivity contribution in [3.8, 4) is 11.5 Å². The molecule has 0 aliphatic carbocycles. The van der Waals surface area contributed by atoms with E-state index in [1.807, 2.05) is 43.9 Å². The van der Waals surface area contributed by atoms with Crippen molar-refractivity contribution in [1.29, 1.82) is 0 Å². The standard InChI is InChI=1S/C20H28F2N4O2.HI/c1-4-10-27-17-7-6-16(18(11-17)28-19(21)22)13-25-20(23-5-2)24-12-15-8-9-26(3)14-15;/h6-9,11,14,19H,4-5,10,12-13H2,1-3H3,(H2,23,24,25);1H. The molecular weight excluding hydrogens is 493 g/mol. The van der Waals surface area contributed by atoms with Crippen LogP contribution in [0, 0.1) is 0 Å². The Bertz CT molecular complexity index is 769. The van der Waals surface area contributed by atoms with Gasteiger partial charge in [-0.05, 0) is 37.1 Å². The van der Waals surface area contributed by atoms with Crippen LogP contribution in [0.2, 0.25) is 0 Å². The number of guanidine groups is 1. The third-order valence-corrected chi connectivity index (χ3v) is 3.83. The summed E-state index contributed by atoms with van der Waals surface area (Å²) in [5, 5.41) is 6.30. The first-order valence-corrected chi connectivity index (χ1v) is 9.35. The maximum atomic E-state index is 12.8. The van der Waals surface area contributed by atoms with Crippen LogP contribution in [0.1, 0.15) is 31.4 Å². The number of ether oxygens (including phenoxy) is 2. The van der Waals surface area contributed by atoms with Gasteiger partial charge in [0.05, 0.1) is 13.2 Å². The van der Waals surface area contributed by atoms with Crippen LogP contribution >= 0.6 is 24.0 Å². The Morgan fingerprint density at radius 1 is 1.21 bits per heavy atom. The Labute approximate surface area is 187 Å². The second-order valence-corrected chi connectivity index (χ2v) is 6.23. The molecule has 2 aromatic rings. The number of alkyl halides is 2. The van der Waals surface area contributed by atoms with E-state index in [9.17, 15) is 8.78 Å². The van der Waals surface area contributed by atoms with E-state index in [-0.39, 0.29) is 36.3 Å². The fourth-order valence-electron chi connectivity index (χ4n) is 2.54. The summed E-state index contributed by atoms with van der Waals surface area (Å²) < 4.78 is 37.7. The first kappa shape index (κ1) is 25.0. The molecule has 0 saturated carbocycles. The van der Waals surface area contributed by atoms with Gasteiger partial charge in [-0.2, -0.15) is 8.78 Å². The molecule has 0 fully saturated rings. The number of aliphatic imine (C=N–C) groups is 1. The molecule has 1 aromatic heterocycles. The lowest BCUT2D eigenvalue weighted by molar-refractivity contribution is -0.0505. The van der Waals surface area contributed by atoms with Crippen molar-refractivity contribution in [3.63, 3.8) is 0 Å². The van der Waals surface area contributed by atoms with Crippen LogP contribution < -0.4 is 20.1 Å². The van der Waals surface area contributed by atoms with Gasteiger partial charge < -0.3 is 24.7 Å². The second-order valence-electron chi connectivity index (χ2n) is 6.23. The molecule has 9 heteroatoms. The van der Waals surface area contributed by atoms with Crippen molar-refractivity contribution in [2.45, 2.75) is 40.0 Å². The summed E-state index contributed by atoms with van der Waals surface area (Å²) in [5.74, 6) is 1.20. The quantitative estimate of drug-likeness (QED) is 0.278. The van der Waals surface area contributed by atoms with Crippen LogP contribution in [0.5, 0.6) is 11.5 Å². The Morgan fingerprint density at radius 2 is 2.00 bits per heavy atom. The van der Waals surface area contributed by atoms with Crippen LogP contribution in [-0.2, 0) is 20.1 Å². The average molecular weight is 522 g/mol. The van der Waals surface area contributed by atoms with Gasteiger partial charge in [0.2, 0.25) is 0 Å². The number of hydrogen-bond donors (Lipinski definition) is 2. The molecule has 1 aromatic carbocycles. The molecule has 0 aliphatic rings. The van der Waals surface area contributed by atoms with E-state index in [1.165, 1.54) is 6.07 Å². The SMILES string of the molecule is CCCOc1ccc(CNC(=NCc2ccn(C)c2)NCC)c(OC(F)F)c1.I. The highest BCUT2D eigenvalue weighted by Crippen LogP contribution is 2.26. The molecule has 1 heterocycles. The third kappa shape index (κ3) is 8.88. The Kier molecular flexibility index (Phi) is 11.4. The minimum Gasteiger partial charge on any atom is -0.493 e. The lowest BCUT2D eigenvalue weighted by Gasteiger charge is -2.15. The summed E-state index contributed by atoms with van der Waals surface area (Å²) in [6, 6.07) is 6.96. The van der Waals surface area contributed by atoms with E-state index in [0.717, 1.165) is 12.0 Å². The van der Waals surface area contributed by atoms with E-state index in [0.29, 0.717) is 37.0 Å². The first-order valence-electron chi connectivity index (χ1n) is 9.35. The number of nitrogens with one attached hydrogen (secondary N) is 2. The number of halogens is 3. The molecule has 0 unspecified atom stereocenters. The molecule has 162 valence electrons. The molecule has 0 aliphatic heterocycles. The van der Waals surface area contributed by atoms with Gasteiger partial charge in [-0.15, -0.1) is 24.0 Å². The lowest BCUT2D eigenvalue weighted by atomic mass is 10.2. The molecule has 0 spiro atoms. The van der Waals surface area contributed by atoms with Gasteiger partial charge in [0.1, 0.15) is 11.5 Å². The van der Waals surface area contributed by atoms with Crippen molar-refractivity contribution in [3.05, 3.63) is 47.8 Å². The molecule has 0 radical (unpaired) electrons. The zero-order chi connectivity index (χ0) is 20.4. The van der Waals surface area contributed by atoms with E-state index >= 15 is 0 Å². The first-order chi connectivity index (χ1) is 13.5.